The molecule has 1 rings (SSSR count). The second kappa shape index (κ2) is 6.78. The first kappa shape index (κ1) is 12.4. The monoisotopic (exact) mass is 227 g/mol. The molecule has 16 heavy (non-hydrogen) atoms. The number of aromatic nitrogens is 2. The van der Waals surface area contributed by atoms with Crippen molar-refractivity contribution in [1.29, 1.82) is 0 Å². The molecule has 0 aromatic carbocycles. The quantitative estimate of drug-likeness (QED) is 0.555. The van der Waals surface area contributed by atoms with Crippen LogP contribution in [0.15, 0.2) is 4.42 Å². The van der Waals surface area contributed by atoms with Gasteiger partial charge < -0.3 is 20.4 Å². The molecule has 0 radical (unpaired) electrons. The largest absolute Gasteiger partial charge is 0.407 e. The predicted molar refractivity (Wildman–Crippen MR) is 58.9 cm³/mol. The molecule has 0 aliphatic carbocycles. The van der Waals surface area contributed by atoms with Gasteiger partial charge in [0.05, 0.1) is 6.54 Å². The highest BCUT2D eigenvalue weighted by molar-refractivity contribution is 5.72. The van der Waals surface area contributed by atoms with E-state index in [0.29, 0.717) is 31.5 Å². The highest BCUT2D eigenvalue weighted by Gasteiger charge is 2.03. The molecule has 0 aliphatic rings. The van der Waals surface area contributed by atoms with E-state index in [0.717, 1.165) is 6.54 Å². The van der Waals surface area contributed by atoms with E-state index < -0.39 is 0 Å². The van der Waals surface area contributed by atoms with Crippen LogP contribution in [0.2, 0.25) is 0 Å². The number of carbonyl (C=O) groups is 1. The van der Waals surface area contributed by atoms with Crippen LogP contribution in [-0.2, 0) is 11.3 Å². The van der Waals surface area contributed by atoms with Crippen molar-refractivity contribution < 1.29 is 9.21 Å². The molecule has 0 unspecified atom stereocenters. The Morgan fingerprint density at radius 2 is 2.19 bits per heavy atom. The number of rotatable bonds is 7. The lowest BCUT2D eigenvalue weighted by molar-refractivity contribution is -0.118. The zero-order chi connectivity index (χ0) is 11.8. The van der Waals surface area contributed by atoms with Gasteiger partial charge in [-0.1, -0.05) is 12.0 Å². The van der Waals surface area contributed by atoms with Crippen molar-refractivity contribution in [2.24, 2.45) is 0 Å². The lowest BCUT2D eigenvalue weighted by Gasteiger charge is -2.01. The van der Waals surface area contributed by atoms with Gasteiger partial charge in [-0.15, -0.1) is 5.10 Å². The van der Waals surface area contributed by atoms with Gasteiger partial charge in [-0.25, -0.2) is 0 Å². The minimum Gasteiger partial charge on any atom is -0.407 e. The smallest absolute Gasteiger partial charge is 0.315 e. The highest BCUT2D eigenvalue weighted by atomic mass is 16.4. The van der Waals surface area contributed by atoms with Crippen LogP contribution in [0.3, 0.4) is 0 Å². The summed E-state index contributed by atoms with van der Waals surface area (Å²) in [5, 5.41) is 16.3. The van der Waals surface area contributed by atoms with Gasteiger partial charge in [-0.05, 0) is 6.54 Å². The van der Waals surface area contributed by atoms with Gasteiger partial charge in [0, 0.05) is 20.0 Å². The Morgan fingerprint density at radius 3 is 2.88 bits per heavy atom. The van der Waals surface area contributed by atoms with E-state index in [1.165, 1.54) is 6.92 Å². The summed E-state index contributed by atoms with van der Waals surface area (Å²) >= 11 is 0. The average molecular weight is 227 g/mol. The molecular weight excluding hydrogens is 210 g/mol. The summed E-state index contributed by atoms with van der Waals surface area (Å²) in [5.74, 6) is 0.490. The number of nitrogens with zero attached hydrogens (tertiary/aromatic N) is 2. The molecule has 0 spiro atoms. The van der Waals surface area contributed by atoms with Gasteiger partial charge in [-0.2, -0.15) is 0 Å². The molecule has 0 bridgehead atoms. The molecule has 90 valence electrons. The Hall–Kier alpha value is -1.63. The number of hydrogen-bond donors (Lipinski definition) is 3. The van der Waals surface area contributed by atoms with E-state index in [1.807, 2.05) is 6.92 Å². The Labute approximate surface area is 94.0 Å². The van der Waals surface area contributed by atoms with Crippen molar-refractivity contribution in [3.05, 3.63) is 5.89 Å². The van der Waals surface area contributed by atoms with Crippen molar-refractivity contribution >= 4 is 11.9 Å². The highest BCUT2D eigenvalue weighted by Crippen LogP contribution is 2.03. The Balaban J connectivity index is 2.21. The number of anilines is 1. The molecule has 0 atom stereocenters. The molecule has 7 heteroatoms. The fourth-order valence-corrected chi connectivity index (χ4v) is 1.04. The van der Waals surface area contributed by atoms with Crippen LogP contribution in [-0.4, -0.2) is 35.7 Å². The Kier molecular flexibility index (Phi) is 5.27. The van der Waals surface area contributed by atoms with E-state index in [2.05, 4.69) is 26.1 Å². The first-order valence-corrected chi connectivity index (χ1v) is 5.23. The molecule has 0 aliphatic heterocycles. The average Bonchev–Trinajstić information content (AvgIpc) is 2.69. The fourth-order valence-electron chi connectivity index (χ4n) is 1.04. The molecule has 7 nitrogen and oxygen atoms in total. The van der Waals surface area contributed by atoms with Crippen molar-refractivity contribution in [1.82, 2.24) is 20.8 Å². The maximum Gasteiger partial charge on any atom is 0.315 e. The van der Waals surface area contributed by atoms with E-state index in [-0.39, 0.29) is 5.91 Å². The maximum absolute atomic E-state index is 10.6. The van der Waals surface area contributed by atoms with Crippen molar-refractivity contribution in [2.75, 3.05) is 25.0 Å². The molecule has 3 N–H and O–H groups in total. The minimum atomic E-state index is -0.0554. The van der Waals surface area contributed by atoms with Gasteiger partial charge in [0.15, 0.2) is 0 Å². The molecular formula is C9H17N5O2. The van der Waals surface area contributed by atoms with Gasteiger partial charge in [0.1, 0.15) is 0 Å². The maximum atomic E-state index is 10.6. The van der Waals surface area contributed by atoms with Crippen molar-refractivity contribution in [3.8, 4) is 0 Å². The summed E-state index contributed by atoms with van der Waals surface area (Å²) in [4.78, 5) is 10.6. The third kappa shape index (κ3) is 4.74. The summed E-state index contributed by atoms with van der Waals surface area (Å²) in [7, 11) is 0. The van der Waals surface area contributed by atoms with Gasteiger partial charge in [0.2, 0.25) is 11.8 Å². The van der Waals surface area contributed by atoms with Crippen LogP contribution < -0.4 is 16.0 Å². The third-order valence-electron chi connectivity index (χ3n) is 1.77. The molecule has 0 fully saturated rings. The Morgan fingerprint density at radius 1 is 1.38 bits per heavy atom. The summed E-state index contributed by atoms with van der Waals surface area (Å²) in [6.45, 7) is 5.98. The number of nitrogens with one attached hydrogen (secondary N) is 3. The molecule has 0 saturated carbocycles. The molecule has 1 amide bonds. The molecule has 1 aromatic rings. The molecule has 1 heterocycles. The van der Waals surface area contributed by atoms with Crippen LogP contribution >= 0.6 is 0 Å². The van der Waals surface area contributed by atoms with Gasteiger partial charge in [-0.3, -0.25) is 4.79 Å². The summed E-state index contributed by atoms with van der Waals surface area (Å²) in [6, 6.07) is 0.373. The van der Waals surface area contributed by atoms with Crippen LogP contribution in [0.4, 0.5) is 6.01 Å². The summed E-state index contributed by atoms with van der Waals surface area (Å²) in [6.07, 6.45) is 0. The van der Waals surface area contributed by atoms with Crippen LogP contribution in [0.5, 0.6) is 0 Å². The van der Waals surface area contributed by atoms with Gasteiger partial charge >= 0.3 is 6.01 Å². The zero-order valence-corrected chi connectivity index (χ0v) is 9.54. The van der Waals surface area contributed by atoms with Crippen molar-refractivity contribution in [2.45, 2.75) is 20.4 Å². The number of hydrogen-bond acceptors (Lipinski definition) is 6. The van der Waals surface area contributed by atoms with Crippen molar-refractivity contribution in [3.63, 3.8) is 0 Å². The predicted octanol–water partition coefficient (Wildman–Crippen LogP) is -0.273. The first-order valence-electron chi connectivity index (χ1n) is 5.23. The van der Waals surface area contributed by atoms with E-state index >= 15 is 0 Å². The lowest BCUT2D eigenvalue weighted by atomic mass is 10.6. The summed E-state index contributed by atoms with van der Waals surface area (Å²) in [5.41, 5.74) is 0. The second-order valence-corrected chi connectivity index (χ2v) is 3.19. The normalized spacial score (nSPS) is 10.1. The summed E-state index contributed by atoms with van der Waals surface area (Å²) < 4.78 is 5.28. The van der Waals surface area contributed by atoms with E-state index in [1.54, 1.807) is 0 Å². The SMILES string of the molecule is CCNCc1nnc(NCCNC(C)=O)o1. The van der Waals surface area contributed by atoms with Crippen LogP contribution in [0.1, 0.15) is 19.7 Å². The Bertz CT molecular complexity index is 325. The van der Waals surface area contributed by atoms with E-state index in [4.69, 9.17) is 4.42 Å². The minimum absolute atomic E-state index is 0.0554. The molecule has 0 saturated heterocycles. The third-order valence-corrected chi connectivity index (χ3v) is 1.77. The lowest BCUT2D eigenvalue weighted by Crippen LogP contribution is -2.26. The standard InChI is InChI=1S/C9H17N5O2/c1-3-10-6-8-13-14-9(16-8)12-5-4-11-7(2)15/h10H,3-6H2,1-2H3,(H,11,15)(H,12,14). The van der Waals surface area contributed by atoms with Gasteiger partial charge in [0.25, 0.3) is 0 Å². The second-order valence-electron chi connectivity index (χ2n) is 3.19. The number of amides is 1. The fraction of sp³-hybridized carbons (Fsp3) is 0.667. The molecule has 1 aromatic heterocycles. The first-order chi connectivity index (χ1) is 7.72. The van der Waals surface area contributed by atoms with Crippen LogP contribution in [0.25, 0.3) is 0 Å². The zero-order valence-electron chi connectivity index (χ0n) is 9.54. The van der Waals surface area contributed by atoms with Crippen LogP contribution in [0, 0.1) is 0 Å². The van der Waals surface area contributed by atoms with E-state index in [9.17, 15) is 4.79 Å². The topological polar surface area (TPSA) is 92.1 Å². The number of carbonyl (C=O) groups excluding carboxylic acids is 1.